The molecule has 1 aliphatic heterocycles. The molecule has 0 bridgehead atoms. The molecule has 0 aliphatic carbocycles. The molecule has 1 aromatic heterocycles. The minimum absolute atomic E-state index is 0.202. The summed E-state index contributed by atoms with van der Waals surface area (Å²) >= 11 is 1.63. The quantitative estimate of drug-likeness (QED) is 0.798. The molecule has 2 aromatic rings. The van der Waals surface area contributed by atoms with Gasteiger partial charge in [-0.3, -0.25) is 4.79 Å². The van der Waals surface area contributed by atoms with Gasteiger partial charge in [-0.15, -0.1) is 0 Å². The van der Waals surface area contributed by atoms with E-state index in [2.05, 4.69) is 31.2 Å². The highest BCUT2D eigenvalue weighted by molar-refractivity contribution is 7.08. The Morgan fingerprint density at radius 3 is 2.67 bits per heavy atom. The fourth-order valence-electron chi connectivity index (χ4n) is 2.51. The zero-order chi connectivity index (χ0) is 12.5. The number of rotatable bonds is 2. The van der Waals surface area contributed by atoms with E-state index in [1.807, 2.05) is 21.7 Å². The van der Waals surface area contributed by atoms with Crippen molar-refractivity contribution in [1.82, 2.24) is 0 Å². The number of carbonyl (C=O) groups is 1. The Kier molecular flexibility index (Phi) is 2.92. The molecule has 2 heterocycles. The fraction of sp³-hybridized carbons (Fsp3) is 0.267. The Hall–Kier alpha value is -1.61. The van der Waals surface area contributed by atoms with Crippen LogP contribution >= 0.6 is 11.3 Å². The van der Waals surface area contributed by atoms with Crippen LogP contribution in [0.5, 0.6) is 0 Å². The van der Waals surface area contributed by atoms with Crippen molar-refractivity contribution in [2.45, 2.75) is 25.8 Å². The van der Waals surface area contributed by atoms with Gasteiger partial charge in [-0.2, -0.15) is 11.3 Å². The fourth-order valence-corrected chi connectivity index (χ4v) is 3.13. The van der Waals surface area contributed by atoms with Gasteiger partial charge in [0.25, 0.3) is 0 Å². The predicted octanol–water partition coefficient (Wildman–Crippen LogP) is 3.92. The van der Waals surface area contributed by atoms with Crippen molar-refractivity contribution in [2.75, 3.05) is 4.90 Å². The molecule has 0 radical (unpaired) electrons. The highest BCUT2D eigenvalue weighted by Crippen LogP contribution is 2.37. The Morgan fingerprint density at radius 2 is 2.00 bits per heavy atom. The maximum atomic E-state index is 12.1. The number of aryl methyl sites for hydroxylation is 1. The van der Waals surface area contributed by atoms with Gasteiger partial charge in [-0.25, -0.2) is 0 Å². The van der Waals surface area contributed by atoms with E-state index in [0.717, 1.165) is 12.1 Å². The second kappa shape index (κ2) is 4.58. The zero-order valence-corrected chi connectivity index (χ0v) is 11.1. The summed E-state index contributed by atoms with van der Waals surface area (Å²) in [6.45, 7) is 2.08. The molecule has 1 saturated heterocycles. The summed E-state index contributed by atoms with van der Waals surface area (Å²) in [6.07, 6.45) is 1.56. The molecule has 1 atom stereocenters. The Morgan fingerprint density at radius 1 is 1.22 bits per heavy atom. The van der Waals surface area contributed by atoms with Crippen molar-refractivity contribution in [3.05, 3.63) is 52.2 Å². The smallest absolute Gasteiger partial charge is 0.227 e. The molecule has 1 aromatic carbocycles. The van der Waals surface area contributed by atoms with Gasteiger partial charge < -0.3 is 4.90 Å². The summed E-state index contributed by atoms with van der Waals surface area (Å²) in [6, 6.07) is 10.7. The molecule has 0 N–H and O–H groups in total. The molecular formula is C15H15NOS. The van der Waals surface area contributed by atoms with Gasteiger partial charge in [0.2, 0.25) is 5.91 Å². The summed E-state index contributed by atoms with van der Waals surface area (Å²) in [5, 5.41) is 4.07. The van der Waals surface area contributed by atoms with E-state index in [1.54, 1.807) is 11.3 Å². The third-order valence-electron chi connectivity index (χ3n) is 3.46. The van der Waals surface area contributed by atoms with Gasteiger partial charge >= 0.3 is 0 Å². The average molecular weight is 257 g/mol. The predicted molar refractivity (Wildman–Crippen MR) is 75.0 cm³/mol. The highest BCUT2D eigenvalue weighted by Gasteiger charge is 2.33. The number of thiophene rings is 1. The first-order valence-corrected chi connectivity index (χ1v) is 7.11. The first-order valence-electron chi connectivity index (χ1n) is 6.16. The summed E-state index contributed by atoms with van der Waals surface area (Å²) < 4.78 is 0. The van der Waals surface area contributed by atoms with Crippen LogP contribution < -0.4 is 4.90 Å². The molecule has 18 heavy (non-hydrogen) atoms. The molecular weight excluding hydrogens is 242 g/mol. The lowest BCUT2D eigenvalue weighted by Crippen LogP contribution is -2.26. The molecule has 1 fully saturated rings. The van der Waals surface area contributed by atoms with Crippen molar-refractivity contribution in [3.63, 3.8) is 0 Å². The third kappa shape index (κ3) is 1.95. The van der Waals surface area contributed by atoms with E-state index in [0.29, 0.717) is 6.42 Å². The van der Waals surface area contributed by atoms with E-state index >= 15 is 0 Å². The monoisotopic (exact) mass is 257 g/mol. The maximum absolute atomic E-state index is 12.1. The largest absolute Gasteiger partial charge is 0.304 e. The molecule has 3 heteroatoms. The van der Waals surface area contributed by atoms with Gasteiger partial charge in [0, 0.05) is 11.8 Å². The number of anilines is 1. The minimum atomic E-state index is 0.202. The van der Waals surface area contributed by atoms with E-state index in [1.165, 1.54) is 11.1 Å². The van der Waals surface area contributed by atoms with E-state index in [4.69, 9.17) is 0 Å². The summed E-state index contributed by atoms with van der Waals surface area (Å²) in [5.41, 5.74) is 3.52. The molecule has 1 unspecified atom stereocenters. The lowest BCUT2D eigenvalue weighted by molar-refractivity contribution is -0.117. The molecule has 0 spiro atoms. The number of hydrogen-bond donors (Lipinski definition) is 0. The number of amides is 1. The maximum Gasteiger partial charge on any atom is 0.227 e. The van der Waals surface area contributed by atoms with Crippen LogP contribution in [0.25, 0.3) is 0 Å². The number of benzene rings is 1. The average Bonchev–Trinajstić information content (AvgIpc) is 2.99. The molecule has 1 amide bonds. The second-order valence-electron chi connectivity index (χ2n) is 4.71. The lowest BCUT2D eigenvalue weighted by atomic mass is 10.0. The Labute approximate surface area is 111 Å². The van der Waals surface area contributed by atoms with Crippen LogP contribution in [-0.4, -0.2) is 5.91 Å². The van der Waals surface area contributed by atoms with Crippen LogP contribution in [0.15, 0.2) is 41.1 Å². The van der Waals surface area contributed by atoms with Gasteiger partial charge in [0.15, 0.2) is 0 Å². The molecule has 0 saturated carbocycles. The molecule has 2 nitrogen and oxygen atoms in total. The summed E-state index contributed by atoms with van der Waals surface area (Å²) in [7, 11) is 0. The van der Waals surface area contributed by atoms with Gasteiger partial charge in [-0.05, 0) is 30.4 Å². The van der Waals surface area contributed by atoms with Crippen molar-refractivity contribution in [1.29, 1.82) is 0 Å². The van der Waals surface area contributed by atoms with Crippen LogP contribution in [0.2, 0.25) is 0 Å². The van der Waals surface area contributed by atoms with Gasteiger partial charge in [-0.1, -0.05) is 29.8 Å². The van der Waals surface area contributed by atoms with Gasteiger partial charge in [0.05, 0.1) is 11.7 Å². The van der Waals surface area contributed by atoms with E-state index < -0.39 is 0 Å². The van der Waals surface area contributed by atoms with Crippen LogP contribution in [0.3, 0.4) is 0 Å². The first kappa shape index (κ1) is 11.5. The topological polar surface area (TPSA) is 20.3 Å². The summed E-state index contributed by atoms with van der Waals surface area (Å²) in [4.78, 5) is 14.0. The SMILES string of the molecule is Cc1ccc(C2CCC(=O)N2c2ccsc2)cc1. The number of hydrogen-bond acceptors (Lipinski definition) is 2. The van der Waals surface area contributed by atoms with E-state index in [9.17, 15) is 4.79 Å². The van der Waals surface area contributed by atoms with Crippen molar-refractivity contribution in [2.24, 2.45) is 0 Å². The van der Waals surface area contributed by atoms with Crippen LogP contribution in [0, 0.1) is 6.92 Å². The van der Waals surface area contributed by atoms with Gasteiger partial charge in [0.1, 0.15) is 0 Å². The van der Waals surface area contributed by atoms with E-state index in [-0.39, 0.29) is 11.9 Å². The van der Waals surface area contributed by atoms with Crippen molar-refractivity contribution in [3.8, 4) is 0 Å². The first-order chi connectivity index (χ1) is 8.75. The standard InChI is InChI=1S/C15H15NOS/c1-11-2-4-12(5-3-11)14-6-7-15(17)16(14)13-8-9-18-10-13/h2-5,8-10,14H,6-7H2,1H3. The zero-order valence-electron chi connectivity index (χ0n) is 10.3. The Bertz CT molecular complexity index is 544. The van der Waals surface area contributed by atoms with Crippen molar-refractivity contribution >= 4 is 22.9 Å². The van der Waals surface area contributed by atoms with Crippen LogP contribution in [0.4, 0.5) is 5.69 Å². The van der Waals surface area contributed by atoms with Crippen molar-refractivity contribution < 1.29 is 4.79 Å². The number of nitrogens with zero attached hydrogens (tertiary/aromatic N) is 1. The third-order valence-corrected chi connectivity index (χ3v) is 4.13. The lowest BCUT2D eigenvalue weighted by Gasteiger charge is -2.24. The summed E-state index contributed by atoms with van der Waals surface area (Å²) in [5.74, 6) is 0.235. The Balaban J connectivity index is 1.96. The minimum Gasteiger partial charge on any atom is -0.304 e. The number of carbonyl (C=O) groups excluding carboxylic acids is 1. The molecule has 3 rings (SSSR count). The molecule has 92 valence electrons. The molecule has 1 aliphatic rings. The normalized spacial score (nSPS) is 19.5. The van der Waals surface area contributed by atoms with Crippen LogP contribution in [0.1, 0.15) is 30.0 Å². The highest BCUT2D eigenvalue weighted by atomic mass is 32.1. The van der Waals surface area contributed by atoms with Crippen LogP contribution in [-0.2, 0) is 4.79 Å². The second-order valence-corrected chi connectivity index (χ2v) is 5.49.